The molecule has 1 saturated carbocycles. The maximum absolute atomic E-state index is 13.2. The fraction of sp³-hybridized carbons (Fsp3) is 0.480. The van der Waals surface area contributed by atoms with Crippen molar-refractivity contribution in [3.8, 4) is 0 Å². The second-order valence-corrected chi connectivity index (χ2v) is 9.83. The molecule has 0 spiro atoms. The number of nitrogens with one attached hydrogen (secondary N) is 1. The molecule has 2 aromatic rings. The Morgan fingerprint density at radius 3 is 2.50 bits per heavy atom. The number of pyridine rings is 1. The SMILES string of the molecule is CC(C)C(=O)Nc1cc2ccc(C3=CN=C(C4CCC4C(F)(F)F)CC3(C)C)cc2cn1. The van der Waals surface area contributed by atoms with Crippen LogP contribution in [0, 0.1) is 23.2 Å². The molecule has 4 rings (SSSR count). The zero-order chi connectivity index (χ0) is 23.3. The number of hydrogen-bond acceptors (Lipinski definition) is 3. The second kappa shape index (κ2) is 8.01. The summed E-state index contributed by atoms with van der Waals surface area (Å²) in [4.78, 5) is 20.8. The molecule has 0 bridgehead atoms. The lowest BCUT2D eigenvalue weighted by molar-refractivity contribution is -0.203. The number of fused-ring (bicyclic) bond motifs is 1. The number of aromatic nitrogens is 1. The van der Waals surface area contributed by atoms with Crippen LogP contribution in [0.5, 0.6) is 0 Å². The quantitative estimate of drug-likeness (QED) is 0.577. The van der Waals surface area contributed by atoms with Crippen molar-refractivity contribution in [1.29, 1.82) is 0 Å². The molecule has 1 amide bonds. The predicted molar refractivity (Wildman–Crippen MR) is 121 cm³/mol. The molecular formula is C25H28F3N3O. The van der Waals surface area contributed by atoms with Gasteiger partial charge in [0.15, 0.2) is 0 Å². The summed E-state index contributed by atoms with van der Waals surface area (Å²) in [5.41, 5.74) is 2.32. The van der Waals surface area contributed by atoms with Crippen LogP contribution in [0.3, 0.4) is 0 Å². The second-order valence-electron chi connectivity index (χ2n) is 9.83. The molecule has 1 N–H and O–H groups in total. The van der Waals surface area contributed by atoms with E-state index in [4.69, 9.17) is 0 Å². The van der Waals surface area contributed by atoms with E-state index in [0.717, 1.165) is 21.9 Å². The van der Waals surface area contributed by atoms with E-state index in [1.165, 1.54) is 0 Å². The first kappa shape index (κ1) is 22.5. The lowest BCUT2D eigenvalue weighted by Crippen LogP contribution is -2.44. The topological polar surface area (TPSA) is 54.4 Å². The average molecular weight is 444 g/mol. The minimum absolute atomic E-state index is 0.0875. The average Bonchev–Trinajstić information content (AvgIpc) is 2.64. The lowest BCUT2D eigenvalue weighted by Gasteiger charge is -2.42. The van der Waals surface area contributed by atoms with E-state index < -0.39 is 18.0 Å². The Kier molecular flexibility index (Phi) is 5.63. The molecule has 1 aliphatic carbocycles. The lowest BCUT2D eigenvalue weighted by atomic mass is 9.65. The number of allylic oxidation sites excluding steroid dienone is 1. The normalized spacial score (nSPS) is 22.9. The van der Waals surface area contributed by atoms with Gasteiger partial charge in [0, 0.05) is 35.3 Å². The Morgan fingerprint density at radius 2 is 1.91 bits per heavy atom. The summed E-state index contributed by atoms with van der Waals surface area (Å²) < 4.78 is 39.7. The zero-order valence-corrected chi connectivity index (χ0v) is 18.8. The Balaban J connectivity index is 1.61. The highest BCUT2D eigenvalue weighted by Crippen LogP contribution is 2.50. The van der Waals surface area contributed by atoms with Crippen molar-refractivity contribution in [2.75, 3.05) is 5.32 Å². The highest BCUT2D eigenvalue weighted by molar-refractivity contribution is 5.96. The monoisotopic (exact) mass is 443 g/mol. The van der Waals surface area contributed by atoms with Gasteiger partial charge < -0.3 is 5.32 Å². The van der Waals surface area contributed by atoms with E-state index in [1.807, 2.05) is 38.1 Å². The Bertz CT molecular complexity index is 1120. The summed E-state index contributed by atoms with van der Waals surface area (Å²) in [5, 5.41) is 4.68. The van der Waals surface area contributed by atoms with Crippen LogP contribution in [-0.2, 0) is 4.79 Å². The maximum Gasteiger partial charge on any atom is 0.392 e. The summed E-state index contributed by atoms with van der Waals surface area (Å²) in [6.45, 7) is 7.76. The Morgan fingerprint density at radius 1 is 1.16 bits per heavy atom. The van der Waals surface area contributed by atoms with E-state index in [0.29, 0.717) is 24.4 Å². The number of halogens is 3. The number of hydrogen-bond donors (Lipinski definition) is 1. The van der Waals surface area contributed by atoms with Crippen LogP contribution in [0.1, 0.15) is 52.5 Å². The largest absolute Gasteiger partial charge is 0.392 e. The molecule has 2 unspecified atom stereocenters. The van der Waals surface area contributed by atoms with E-state index in [2.05, 4.69) is 29.1 Å². The molecule has 32 heavy (non-hydrogen) atoms. The van der Waals surface area contributed by atoms with Crippen LogP contribution in [-0.4, -0.2) is 22.8 Å². The molecular weight excluding hydrogens is 415 g/mol. The van der Waals surface area contributed by atoms with Crippen LogP contribution >= 0.6 is 0 Å². The van der Waals surface area contributed by atoms with Crippen LogP contribution < -0.4 is 5.32 Å². The molecule has 2 atom stereocenters. The molecule has 1 aliphatic heterocycles. The fourth-order valence-electron chi connectivity index (χ4n) is 4.55. The number of carbonyl (C=O) groups is 1. The molecule has 2 aliphatic rings. The van der Waals surface area contributed by atoms with E-state index in [1.54, 1.807) is 12.4 Å². The zero-order valence-electron chi connectivity index (χ0n) is 18.8. The number of carbonyl (C=O) groups excluding carboxylic acids is 1. The number of rotatable bonds is 4. The van der Waals surface area contributed by atoms with Crippen molar-refractivity contribution < 1.29 is 18.0 Å². The molecule has 7 heteroatoms. The highest BCUT2D eigenvalue weighted by Gasteiger charge is 2.52. The van der Waals surface area contributed by atoms with Crippen molar-refractivity contribution in [2.24, 2.45) is 28.2 Å². The van der Waals surface area contributed by atoms with Crippen molar-refractivity contribution >= 4 is 33.8 Å². The van der Waals surface area contributed by atoms with Crippen molar-refractivity contribution in [3.05, 3.63) is 42.2 Å². The van der Waals surface area contributed by atoms with Crippen LogP contribution in [0.2, 0.25) is 0 Å². The maximum atomic E-state index is 13.2. The third-order valence-corrected chi connectivity index (χ3v) is 6.64. The van der Waals surface area contributed by atoms with Crippen LogP contribution in [0.25, 0.3) is 16.3 Å². The van der Waals surface area contributed by atoms with Gasteiger partial charge in [-0.05, 0) is 53.3 Å². The molecule has 1 aromatic carbocycles. The summed E-state index contributed by atoms with van der Waals surface area (Å²) in [6.07, 6.45) is 0.588. The minimum atomic E-state index is -4.15. The highest BCUT2D eigenvalue weighted by atomic mass is 19.4. The first-order valence-electron chi connectivity index (χ1n) is 11.0. The number of alkyl halides is 3. The fourth-order valence-corrected chi connectivity index (χ4v) is 4.55. The van der Waals surface area contributed by atoms with Gasteiger partial charge in [-0.25, -0.2) is 4.98 Å². The number of benzene rings is 1. The van der Waals surface area contributed by atoms with Gasteiger partial charge in [-0.3, -0.25) is 9.79 Å². The first-order chi connectivity index (χ1) is 15.0. The summed E-state index contributed by atoms with van der Waals surface area (Å²) in [6, 6.07) is 7.82. The molecule has 0 radical (unpaired) electrons. The van der Waals surface area contributed by atoms with Crippen LogP contribution in [0.15, 0.2) is 41.7 Å². The number of aliphatic imine (C=N–C) groups is 1. The molecule has 1 aromatic heterocycles. The predicted octanol–water partition coefficient (Wildman–Crippen LogP) is 6.63. The summed E-state index contributed by atoms with van der Waals surface area (Å²) >= 11 is 0. The van der Waals surface area contributed by atoms with Gasteiger partial charge in [0.05, 0.1) is 5.92 Å². The van der Waals surface area contributed by atoms with Gasteiger partial charge in [-0.1, -0.05) is 39.8 Å². The Hall–Kier alpha value is -2.70. The van der Waals surface area contributed by atoms with Crippen molar-refractivity contribution in [2.45, 2.75) is 53.1 Å². The third-order valence-electron chi connectivity index (χ3n) is 6.64. The number of nitrogens with zero attached hydrogens (tertiary/aromatic N) is 2. The third kappa shape index (κ3) is 4.30. The van der Waals surface area contributed by atoms with Gasteiger partial charge in [0.25, 0.3) is 0 Å². The van der Waals surface area contributed by atoms with E-state index in [9.17, 15) is 18.0 Å². The van der Waals surface area contributed by atoms with Crippen molar-refractivity contribution in [1.82, 2.24) is 4.98 Å². The molecule has 170 valence electrons. The molecule has 4 nitrogen and oxygen atoms in total. The molecule has 1 fully saturated rings. The summed E-state index contributed by atoms with van der Waals surface area (Å²) in [5.74, 6) is -1.46. The van der Waals surface area contributed by atoms with Crippen molar-refractivity contribution in [3.63, 3.8) is 0 Å². The minimum Gasteiger partial charge on any atom is -0.310 e. The molecule has 2 heterocycles. The summed E-state index contributed by atoms with van der Waals surface area (Å²) in [7, 11) is 0. The first-order valence-corrected chi connectivity index (χ1v) is 11.0. The van der Waals surface area contributed by atoms with E-state index in [-0.39, 0.29) is 23.7 Å². The molecule has 0 saturated heterocycles. The number of amides is 1. The smallest absolute Gasteiger partial charge is 0.310 e. The van der Waals surface area contributed by atoms with Gasteiger partial charge in [-0.15, -0.1) is 0 Å². The standard InChI is InChI=1S/C25H28F3N3O/c1-14(2)23(32)31-22-10-15-5-6-16(9-17(15)12-30-22)20-13-29-21(11-24(20,3)4)18-7-8-19(18)25(26,27)28/h5-6,9-10,12-14,18-19H,7-8,11H2,1-4H3,(H,30,31,32). The van der Waals surface area contributed by atoms with Gasteiger partial charge in [0.2, 0.25) is 5.91 Å². The van der Waals surface area contributed by atoms with Gasteiger partial charge in [-0.2, -0.15) is 13.2 Å². The van der Waals surface area contributed by atoms with Gasteiger partial charge in [0.1, 0.15) is 5.82 Å². The van der Waals surface area contributed by atoms with E-state index >= 15 is 0 Å². The Labute approximate surface area is 186 Å². The van der Waals surface area contributed by atoms with Gasteiger partial charge >= 0.3 is 6.18 Å². The van der Waals surface area contributed by atoms with Crippen LogP contribution in [0.4, 0.5) is 19.0 Å². The number of anilines is 1.